The summed E-state index contributed by atoms with van der Waals surface area (Å²) in [6.45, 7) is 0. The van der Waals surface area contributed by atoms with E-state index in [2.05, 4.69) is 243 Å². The van der Waals surface area contributed by atoms with Crippen molar-refractivity contribution < 1.29 is 24.5 Å². The zero-order valence-corrected chi connectivity index (χ0v) is 39.9. The third-order valence-corrected chi connectivity index (χ3v) is 36.5. The predicted octanol–water partition coefficient (Wildman–Crippen LogP) is 6.08. The molecule has 0 aliphatic carbocycles. The van der Waals surface area contributed by atoms with Gasteiger partial charge in [0.25, 0.3) is 0 Å². The fraction of sp³-hybridized carbons (Fsp3) is 0.107. The maximum atomic E-state index is 10.8. The summed E-state index contributed by atoms with van der Waals surface area (Å²) in [6, 6.07) is 88.8. The van der Waals surface area contributed by atoms with E-state index in [4.69, 9.17) is 14.9 Å². The average molecular weight is 1050 g/mol. The Balaban J connectivity index is 0.000000136. The van der Waals surface area contributed by atoms with Crippen LogP contribution in [-0.2, 0) is 14.3 Å². The van der Waals surface area contributed by atoms with Crippen molar-refractivity contribution in [2.24, 2.45) is 11.8 Å². The fourth-order valence-corrected chi connectivity index (χ4v) is 33.7. The van der Waals surface area contributed by atoms with Gasteiger partial charge in [0.2, 0.25) is 0 Å². The van der Waals surface area contributed by atoms with Gasteiger partial charge in [0, 0.05) is 0 Å². The molecule has 2 fully saturated rings. The van der Waals surface area contributed by atoms with Gasteiger partial charge in [-0.2, -0.15) is 0 Å². The third kappa shape index (κ3) is 9.07. The monoisotopic (exact) mass is 1040 g/mol. The Bertz CT molecular complexity index is 2140. The second-order valence-electron chi connectivity index (χ2n) is 15.5. The van der Waals surface area contributed by atoms with Gasteiger partial charge in [0.05, 0.1) is 24.0 Å². The van der Waals surface area contributed by atoms with Crippen molar-refractivity contribution in [3.63, 3.8) is 0 Å². The standard InChI is InChI=1S/C8H10O5.8C6H5.2Sb/c9-7(10)5-3-1-2-4(13-3)6(5)8(11)12;8*1-2-4-6-5-3-1;;/h3-6H,1-2H2,(H,9,10)(H,11,12);8*1-5H;;/t3-,4+,5-,6+;;;;;;;;;;. The van der Waals surface area contributed by atoms with Crippen LogP contribution in [0.5, 0.6) is 0 Å². The second-order valence-corrected chi connectivity index (χ2v) is 35.0. The van der Waals surface area contributed by atoms with Crippen LogP contribution < -0.4 is 28.1 Å². The molecule has 0 saturated carbocycles. The molecule has 2 heterocycles. The first kappa shape index (κ1) is 43.9. The summed E-state index contributed by atoms with van der Waals surface area (Å²) in [4.78, 5) is 21.5. The van der Waals surface area contributed by atoms with E-state index in [1.807, 2.05) is 0 Å². The van der Waals surface area contributed by atoms with Crippen LogP contribution in [0, 0.1) is 11.8 Å². The molecule has 7 heteroatoms. The van der Waals surface area contributed by atoms with Crippen LogP contribution >= 0.6 is 0 Å². The Morgan fingerprint density at radius 2 is 0.476 bits per heavy atom. The number of aliphatic carboxylic acids is 2. The molecule has 2 radical (unpaired) electrons. The van der Waals surface area contributed by atoms with Gasteiger partial charge >= 0.3 is 320 Å². The summed E-state index contributed by atoms with van der Waals surface area (Å²) in [5.41, 5.74) is 0. The number of carboxylic acid groups (broad SMARTS) is 2. The van der Waals surface area contributed by atoms with Crippen molar-refractivity contribution in [1.82, 2.24) is 0 Å². The summed E-state index contributed by atoms with van der Waals surface area (Å²) in [5, 5.41) is 17.6. The van der Waals surface area contributed by atoms with E-state index in [1.165, 1.54) is 28.1 Å². The fourth-order valence-electron chi connectivity index (χ4n) is 9.31. The number of carbonyl (C=O) groups is 2. The Labute approximate surface area is 378 Å². The number of benzene rings is 8. The van der Waals surface area contributed by atoms with Crippen molar-refractivity contribution in [3.8, 4) is 0 Å². The van der Waals surface area contributed by atoms with Crippen molar-refractivity contribution in [2.75, 3.05) is 0 Å². The van der Waals surface area contributed by atoms with Crippen LogP contribution in [0.1, 0.15) is 12.8 Å². The van der Waals surface area contributed by atoms with Gasteiger partial charge in [-0.1, -0.05) is 0 Å². The molecule has 0 spiro atoms. The van der Waals surface area contributed by atoms with Gasteiger partial charge in [0.1, 0.15) is 0 Å². The molecule has 63 heavy (non-hydrogen) atoms. The van der Waals surface area contributed by atoms with Gasteiger partial charge in [-0.25, -0.2) is 0 Å². The molecule has 314 valence electrons. The van der Waals surface area contributed by atoms with Gasteiger partial charge in [-0.05, 0) is 12.8 Å². The first-order valence-corrected chi connectivity index (χ1v) is 31.5. The van der Waals surface area contributed by atoms with E-state index < -0.39 is 61.4 Å². The Hall–Kier alpha value is -5.70. The van der Waals surface area contributed by atoms with E-state index in [0.717, 1.165) is 0 Å². The molecule has 4 atom stereocenters. The van der Waals surface area contributed by atoms with Crippen molar-refractivity contribution in [1.29, 1.82) is 0 Å². The predicted molar refractivity (Wildman–Crippen MR) is 260 cm³/mol. The minimum atomic E-state index is -3.17. The van der Waals surface area contributed by atoms with Gasteiger partial charge in [-0.15, -0.1) is 0 Å². The zero-order valence-electron chi connectivity index (χ0n) is 34.8. The van der Waals surface area contributed by atoms with Crippen LogP contribution in [0.4, 0.5) is 0 Å². The molecule has 2 aliphatic rings. The molecule has 2 aliphatic heterocycles. The van der Waals surface area contributed by atoms with Crippen molar-refractivity contribution in [2.45, 2.75) is 25.0 Å². The van der Waals surface area contributed by atoms with Crippen molar-refractivity contribution >= 4 is 77.6 Å². The summed E-state index contributed by atoms with van der Waals surface area (Å²) in [6.07, 6.45) is 0.573. The molecule has 0 unspecified atom stereocenters. The number of rotatable bonds is 10. The van der Waals surface area contributed by atoms with Gasteiger partial charge < -0.3 is 14.9 Å². The zero-order chi connectivity index (χ0) is 43.5. The molecular weight excluding hydrogens is 996 g/mol. The Morgan fingerprint density at radius 1 is 0.317 bits per heavy atom. The van der Waals surface area contributed by atoms with E-state index in [1.54, 1.807) is 0 Å². The summed E-state index contributed by atoms with van der Waals surface area (Å²) in [5.74, 6) is -3.81. The molecule has 0 amide bonds. The molecule has 8 aromatic rings. The molecule has 2 saturated heterocycles. The maximum absolute atomic E-state index is 10.8. The SMILES string of the molecule is O=C(O)[C@@H]1[C@H](C(=O)O)[C@H]2CC[C@@H]1O2.c1cc[c]([Sb]([c]2ccccc2)([c]2ccccc2)[c]2ccccc2)cc1.c1cc[c]([Sb]([c]2ccccc2)([c]2ccccc2)[c]2ccccc2)cc1. The Kier molecular flexibility index (Phi) is 14.4. The molecule has 2 N–H and O–H groups in total. The van der Waals surface area contributed by atoms with Crippen molar-refractivity contribution in [3.05, 3.63) is 243 Å². The molecule has 8 aromatic carbocycles. The first-order chi connectivity index (χ1) is 31.0. The number of hydrogen-bond donors (Lipinski definition) is 2. The normalized spacial score (nSPS) is 17.6. The number of carboxylic acids is 2. The molecule has 5 nitrogen and oxygen atoms in total. The second kappa shape index (κ2) is 20.7. The van der Waals surface area contributed by atoms with Crippen LogP contribution in [0.25, 0.3) is 0 Å². The summed E-state index contributed by atoms with van der Waals surface area (Å²) >= 11 is -6.33. The molecular formula is C56H50O5Sb2. The number of fused-ring (bicyclic) bond motifs is 2. The number of hydrogen-bond acceptors (Lipinski definition) is 3. The van der Waals surface area contributed by atoms with E-state index >= 15 is 0 Å². The average Bonchev–Trinajstić information content (AvgIpc) is 3.99. The Morgan fingerprint density at radius 3 is 0.619 bits per heavy atom. The summed E-state index contributed by atoms with van der Waals surface area (Å²) in [7, 11) is 0. The molecule has 0 aromatic heterocycles. The van der Waals surface area contributed by atoms with Gasteiger partial charge in [-0.3, -0.25) is 9.59 Å². The van der Waals surface area contributed by atoms with E-state index in [9.17, 15) is 9.59 Å². The van der Waals surface area contributed by atoms with Crippen LogP contribution in [-0.4, -0.2) is 72.0 Å². The van der Waals surface area contributed by atoms with Crippen LogP contribution in [0.3, 0.4) is 0 Å². The third-order valence-electron chi connectivity index (χ3n) is 12.0. The molecule has 2 bridgehead atoms. The molecule has 10 rings (SSSR count). The van der Waals surface area contributed by atoms with E-state index in [-0.39, 0.29) is 12.2 Å². The van der Waals surface area contributed by atoms with Crippen LogP contribution in [0.15, 0.2) is 243 Å². The van der Waals surface area contributed by atoms with E-state index in [0.29, 0.717) is 12.8 Å². The minimum absolute atomic E-state index is 0.386. The van der Waals surface area contributed by atoms with Crippen LogP contribution in [0.2, 0.25) is 0 Å². The first-order valence-electron chi connectivity index (χ1n) is 21.3. The summed E-state index contributed by atoms with van der Waals surface area (Å²) < 4.78 is 17.1. The quantitative estimate of drug-likeness (QED) is 0.163. The van der Waals surface area contributed by atoms with Gasteiger partial charge in [0.15, 0.2) is 0 Å². The number of ether oxygens (including phenoxy) is 1. The topological polar surface area (TPSA) is 83.8 Å².